The molecule has 0 saturated carbocycles. The van der Waals surface area contributed by atoms with Gasteiger partial charge < -0.3 is 27.4 Å². The zero-order valence-corrected chi connectivity index (χ0v) is 21.3. The van der Waals surface area contributed by atoms with Crippen molar-refractivity contribution < 1.29 is 26.8 Å². The molecule has 1 N–H and O–H groups in total. The molecule has 0 aromatic heterocycles. The van der Waals surface area contributed by atoms with E-state index in [-0.39, 0.29) is 54.8 Å². The Morgan fingerprint density at radius 2 is 1.30 bits per heavy atom. The number of hydrogen-bond donors (Lipinski definition) is 1. The topological polar surface area (TPSA) is 20.2 Å². The number of phenolic OH excluding ortho intramolecular Hbond substituents is 1. The molecule has 0 aliphatic heterocycles. The Bertz CT molecular complexity index is 1010. The third-order valence-electron chi connectivity index (χ3n) is 5.76. The Morgan fingerprint density at radius 1 is 0.700 bits per heavy atom. The third-order valence-corrected chi connectivity index (χ3v) is 5.76. The summed E-state index contributed by atoms with van der Waals surface area (Å²) < 4.78 is 0. The number of rotatable bonds is 1. The van der Waals surface area contributed by atoms with Crippen LogP contribution < -0.4 is 0 Å². The SMILES string of the molecule is CC(C)(C)c1ccc(O)c(-c2ccc3c(c2)C(C)(C)c2ccccc2-3)c1.[CH3-].[CH3-].[CH3-].[Ti+3]. The van der Waals surface area contributed by atoms with Gasteiger partial charge in [0, 0.05) is 11.0 Å². The summed E-state index contributed by atoms with van der Waals surface area (Å²) in [6.45, 7) is 11.2. The minimum Gasteiger partial charge on any atom is -0.507 e. The second-order valence-electron chi connectivity index (χ2n) is 8.91. The molecule has 30 heavy (non-hydrogen) atoms. The first-order valence-corrected chi connectivity index (χ1v) is 9.28. The van der Waals surface area contributed by atoms with Crippen LogP contribution in [0.25, 0.3) is 22.3 Å². The van der Waals surface area contributed by atoms with E-state index >= 15 is 0 Å². The Hall–Kier alpha value is -1.83. The molecule has 3 aromatic rings. The predicted octanol–water partition coefficient (Wildman–Crippen LogP) is 8.01. The second kappa shape index (κ2) is 9.54. The molecule has 1 nitrogen and oxygen atoms in total. The Balaban J connectivity index is 0.00000210. The van der Waals surface area contributed by atoms with E-state index in [2.05, 4.69) is 83.1 Å². The summed E-state index contributed by atoms with van der Waals surface area (Å²) in [5.41, 5.74) is 8.58. The van der Waals surface area contributed by atoms with Gasteiger partial charge in [0.05, 0.1) is 0 Å². The molecule has 1 radical (unpaired) electrons. The van der Waals surface area contributed by atoms with E-state index < -0.39 is 0 Å². The number of hydrogen-bond acceptors (Lipinski definition) is 1. The van der Waals surface area contributed by atoms with E-state index in [4.69, 9.17) is 0 Å². The van der Waals surface area contributed by atoms with Gasteiger partial charge in [-0.2, -0.15) is 0 Å². The summed E-state index contributed by atoms with van der Waals surface area (Å²) in [6, 6.07) is 21.2. The van der Waals surface area contributed by atoms with E-state index in [1.807, 2.05) is 12.1 Å². The van der Waals surface area contributed by atoms with Crippen molar-refractivity contribution in [3.05, 3.63) is 99.6 Å². The molecular weight excluding hydrogens is 400 g/mol. The zero-order valence-electron chi connectivity index (χ0n) is 19.7. The van der Waals surface area contributed by atoms with E-state index in [0.29, 0.717) is 5.75 Å². The van der Waals surface area contributed by atoms with Gasteiger partial charge in [0.2, 0.25) is 0 Å². The molecule has 157 valence electrons. The Kier molecular flexibility index (Phi) is 8.96. The minimum atomic E-state index is -0.0286. The Morgan fingerprint density at radius 3 is 1.93 bits per heavy atom. The van der Waals surface area contributed by atoms with Gasteiger partial charge in [-0.15, -0.1) is 0 Å². The molecule has 0 spiro atoms. The first-order valence-electron chi connectivity index (χ1n) is 9.28. The maximum Gasteiger partial charge on any atom is 3.00 e. The molecule has 2 heteroatoms. The van der Waals surface area contributed by atoms with E-state index in [1.165, 1.54) is 27.8 Å². The molecule has 0 heterocycles. The summed E-state index contributed by atoms with van der Waals surface area (Å²) in [5, 5.41) is 10.5. The molecule has 0 bridgehead atoms. The van der Waals surface area contributed by atoms with Crippen molar-refractivity contribution in [1.82, 2.24) is 0 Å². The summed E-state index contributed by atoms with van der Waals surface area (Å²) in [7, 11) is 0. The molecule has 1 aliphatic rings. The predicted molar refractivity (Wildman–Crippen MR) is 129 cm³/mol. The van der Waals surface area contributed by atoms with Crippen LogP contribution in [0.1, 0.15) is 51.3 Å². The maximum atomic E-state index is 10.5. The summed E-state index contributed by atoms with van der Waals surface area (Å²) >= 11 is 0. The van der Waals surface area contributed by atoms with Gasteiger partial charge in [0.25, 0.3) is 0 Å². The second-order valence-corrected chi connectivity index (χ2v) is 8.91. The molecule has 1 aliphatic carbocycles. The number of benzene rings is 3. The van der Waals surface area contributed by atoms with Crippen molar-refractivity contribution in [2.75, 3.05) is 0 Å². The summed E-state index contributed by atoms with van der Waals surface area (Å²) in [5.74, 6) is 0.339. The molecule has 0 fully saturated rings. The molecule has 4 rings (SSSR count). The van der Waals surface area contributed by atoms with Crippen molar-refractivity contribution in [3.63, 3.8) is 0 Å². The quantitative estimate of drug-likeness (QED) is 0.303. The maximum absolute atomic E-state index is 10.5. The molecule has 0 unspecified atom stereocenters. The van der Waals surface area contributed by atoms with Crippen molar-refractivity contribution in [3.8, 4) is 28.0 Å². The fourth-order valence-corrected chi connectivity index (χ4v) is 4.11. The van der Waals surface area contributed by atoms with Crippen LogP contribution in [0, 0.1) is 22.3 Å². The van der Waals surface area contributed by atoms with Crippen LogP contribution in [0.3, 0.4) is 0 Å². The smallest absolute Gasteiger partial charge is 0.507 e. The van der Waals surface area contributed by atoms with Crippen molar-refractivity contribution in [1.29, 1.82) is 0 Å². The zero-order chi connectivity index (χ0) is 18.7. The fourth-order valence-electron chi connectivity index (χ4n) is 4.11. The van der Waals surface area contributed by atoms with Gasteiger partial charge in [-0.05, 0) is 57.0 Å². The normalized spacial score (nSPS) is 12.8. The van der Waals surface area contributed by atoms with Crippen LogP contribution in [0.5, 0.6) is 5.75 Å². The summed E-state index contributed by atoms with van der Waals surface area (Å²) in [6.07, 6.45) is 0. The Labute approximate surface area is 199 Å². The molecular formula is C28H35OTi. The molecule has 3 aromatic carbocycles. The van der Waals surface area contributed by atoms with E-state index in [1.54, 1.807) is 0 Å². The number of fused-ring (bicyclic) bond motifs is 3. The average molecular weight is 435 g/mol. The van der Waals surface area contributed by atoms with Crippen molar-refractivity contribution in [2.45, 2.75) is 45.4 Å². The average Bonchev–Trinajstić information content (AvgIpc) is 2.82. The fraction of sp³-hybridized carbons (Fsp3) is 0.250. The van der Waals surface area contributed by atoms with Crippen LogP contribution in [0.15, 0.2) is 60.7 Å². The third kappa shape index (κ3) is 4.43. The van der Waals surface area contributed by atoms with Gasteiger partial charge in [-0.1, -0.05) is 77.1 Å². The van der Waals surface area contributed by atoms with Crippen LogP contribution in [0.2, 0.25) is 0 Å². The van der Waals surface area contributed by atoms with Gasteiger partial charge >= 0.3 is 21.7 Å². The minimum absolute atomic E-state index is 0. The standard InChI is InChI=1S/C25H26O.3CH3.Ti/c1-24(2,3)17-11-13-23(26)20(15-17)16-10-12-19-18-8-6-7-9-21(18)25(4,5)22(19)14-16;;;;/h6-15,26H,1-5H3;3*1H3;/q;3*-1;+3. The van der Waals surface area contributed by atoms with Gasteiger partial charge in [-0.25, -0.2) is 0 Å². The van der Waals surface area contributed by atoms with Crippen LogP contribution in [-0.4, -0.2) is 5.11 Å². The van der Waals surface area contributed by atoms with Crippen LogP contribution in [-0.2, 0) is 32.5 Å². The van der Waals surface area contributed by atoms with Gasteiger partial charge in [0.15, 0.2) is 0 Å². The van der Waals surface area contributed by atoms with Gasteiger partial charge in [0.1, 0.15) is 5.75 Å². The summed E-state index contributed by atoms with van der Waals surface area (Å²) in [4.78, 5) is 0. The molecule has 0 atom stereocenters. The number of phenols is 1. The van der Waals surface area contributed by atoms with Crippen molar-refractivity contribution in [2.24, 2.45) is 0 Å². The van der Waals surface area contributed by atoms with Crippen LogP contribution in [0.4, 0.5) is 0 Å². The van der Waals surface area contributed by atoms with Gasteiger partial charge in [-0.3, -0.25) is 0 Å². The number of aromatic hydroxyl groups is 1. The van der Waals surface area contributed by atoms with E-state index in [9.17, 15) is 5.11 Å². The van der Waals surface area contributed by atoms with Crippen LogP contribution >= 0.6 is 0 Å². The molecule has 0 saturated heterocycles. The van der Waals surface area contributed by atoms with E-state index in [0.717, 1.165) is 11.1 Å². The largest absolute Gasteiger partial charge is 3.00 e. The first-order chi connectivity index (χ1) is 12.2. The van der Waals surface area contributed by atoms with Crippen molar-refractivity contribution >= 4 is 0 Å². The first kappa shape index (κ1) is 28.2. The molecule has 0 amide bonds. The monoisotopic (exact) mass is 435 g/mol.